The Morgan fingerprint density at radius 2 is 1.91 bits per heavy atom. The molecule has 3 rings (SSSR count). The number of rotatable bonds is 7. The fraction of sp³-hybridized carbons (Fsp3) is 0.409. The van der Waals surface area contributed by atoms with Crippen molar-refractivity contribution in [3.63, 3.8) is 0 Å². The summed E-state index contributed by atoms with van der Waals surface area (Å²) >= 11 is -2.44. The molecule has 0 fully saturated rings. The van der Waals surface area contributed by atoms with Crippen molar-refractivity contribution in [1.82, 2.24) is 10.3 Å². The van der Waals surface area contributed by atoms with Crippen LogP contribution in [0, 0.1) is 5.82 Å². The van der Waals surface area contributed by atoms with Crippen molar-refractivity contribution in [2.45, 2.75) is 51.4 Å². The lowest BCUT2D eigenvalue weighted by molar-refractivity contribution is -0.274. The Morgan fingerprint density at radius 1 is 1.26 bits per heavy atom. The van der Waals surface area contributed by atoms with E-state index in [4.69, 9.17) is 0 Å². The van der Waals surface area contributed by atoms with Gasteiger partial charge in [-0.1, -0.05) is 18.0 Å². The third-order valence-corrected chi connectivity index (χ3v) is 6.66. The van der Waals surface area contributed by atoms with Crippen LogP contribution in [0.5, 0.6) is 5.75 Å². The van der Waals surface area contributed by atoms with Gasteiger partial charge in [-0.05, 0) is 44.9 Å². The predicted molar refractivity (Wildman–Crippen MR) is 117 cm³/mol. The largest absolute Gasteiger partial charge is 0.772 e. The Balaban J connectivity index is 2.04. The number of carbonyl (C=O) groups excluding carboxylic acids is 2. The molecule has 0 saturated carbocycles. The molecule has 1 aromatic heterocycles. The van der Waals surface area contributed by atoms with Gasteiger partial charge < -0.3 is 14.6 Å². The Morgan fingerprint density at radius 3 is 2.49 bits per heavy atom. The third kappa shape index (κ3) is 5.45. The Bertz CT molecular complexity index is 1200. The quantitative estimate of drug-likeness (QED) is 0.442. The number of amides is 2. The minimum atomic E-state index is -4.99. The van der Waals surface area contributed by atoms with Crippen molar-refractivity contribution in [3.05, 3.63) is 47.5 Å². The number of nitrogens with zero attached hydrogens (tertiary/aromatic N) is 2. The highest BCUT2D eigenvalue weighted by Gasteiger charge is 2.47. The number of halogens is 4. The summed E-state index contributed by atoms with van der Waals surface area (Å²) in [5.74, 6) is -3.43. The van der Waals surface area contributed by atoms with Gasteiger partial charge in [0.15, 0.2) is 0 Å². The molecule has 2 heterocycles. The number of anilines is 2. The maximum atomic E-state index is 15.4. The van der Waals surface area contributed by atoms with Crippen LogP contribution in [0.15, 0.2) is 30.6 Å². The van der Waals surface area contributed by atoms with Crippen LogP contribution in [0.4, 0.5) is 28.9 Å². The summed E-state index contributed by atoms with van der Waals surface area (Å²) in [6, 6.07) is 3.09. The number of nitrogens with one attached hydrogen (secondary N) is 1. The standard InChI is InChI=1S/C22H23F4N3O5S/c1-5-21(4,11-35(32)33)28-18(30)12-6-15-17(16(23)7-12)29(19(31)20(15,2)3)13-8-14(10-27-9-13)34-22(24,25)26/h6-10H,5,11H2,1-4H3,(H,28,30)(H,32,33)/p-1/t21-/m1/s1. The SMILES string of the molecule is CC[C@](C)(CS(=O)[O-])NC(=O)c1cc(F)c2c(c1)C(C)(C)C(=O)N2c1cncc(OC(F)(F)F)c1. The zero-order valence-electron chi connectivity index (χ0n) is 19.2. The Hall–Kier alpha value is -3.06. The molecule has 13 heteroatoms. The molecule has 2 aromatic rings. The molecular weight excluding hydrogens is 494 g/mol. The molecule has 0 saturated heterocycles. The van der Waals surface area contributed by atoms with Crippen LogP contribution in [-0.4, -0.2) is 43.2 Å². The van der Waals surface area contributed by atoms with E-state index in [0.717, 1.165) is 29.4 Å². The maximum Gasteiger partial charge on any atom is 0.573 e. The van der Waals surface area contributed by atoms with Crippen LogP contribution in [0.3, 0.4) is 0 Å². The summed E-state index contributed by atoms with van der Waals surface area (Å²) in [6.45, 7) is 6.17. The molecule has 8 nitrogen and oxygen atoms in total. The fourth-order valence-corrected chi connectivity index (χ4v) is 4.52. The molecule has 0 spiro atoms. The number of aromatic nitrogens is 1. The molecule has 1 N–H and O–H groups in total. The van der Waals surface area contributed by atoms with E-state index in [1.54, 1.807) is 6.92 Å². The van der Waals surface area contributed by atoms with Crippen LogP contribution in [-0.2, 0) is 21.3 Å². The lowest BCUT2D eigenvalue weighted by Crippen LogP contribution is -2.49. The molecule has 0 radical (unpaired) electrons. The highest BCUT2D eigenvalue weighted by Crippen LogP contribution is 2.47. The molecule has 0 bridgehead atoms. The van der Waals surface area contributed by atoms with E-state index >= 15 is 4.39 Å². The van der Waals surface area contributed by atoms with Gasteiger partial charge in [-0.15, -0.1) is 13.2 Å². The number of benzene rings is 1. The first-order valence-corrected chi connectivity index (χ1v) is 11.6. The molecule has 1 aliphatic rings. The lowest BCUT2D eigenvalue weighted by Gasteiger charge is -2.30. The number of hydrogen-bond donors (Lipinski definition) is 1. The van der Waals surface area contributed by atoms with E-state index in [0.29, 0.717) is 0 Å². The second kappa shape index (κ2) is 9.19. The first-order valence-electron chi connectivity index (χ1n) is 10.4. The second-order valence-electron chi connectivity index (χ2n) is 8.86. The summed E-state index contributed by atoms with van der Waals surface area (Å²) < 4.78 is 79.4. The van der Waals surface area contributed by atoms with Crippen LogP contribution in [0.25, 0.3) is 0 Å². The molecule has 0 aliphatic carbocycles. The van der Waals surface area contributed by atoms with Crippen molar-refractivity contribution in [2.24, 2.45) is 0 Å². The number of carbonyl (C=O) groups is 2. The van der Waals surface area contributed by atoms with E-state index in [1.807, 2.05) is 0 Å². The first-order chi connectivity index (χ1) is 16.1. The van der Waals surface area contributed by atoms with Crippen molar-refractivity contribution < 1.29 is 40.6 Å². The van der Waals surface area contributed by atoms with Gasteiger partial charge in [-0.3, -0.25) is 23.7 Å². The summed E-state index contributed by atoms with van der Waals surface area (Å²) in [5.41, 5.74) is -2.87. The van der Waals surface area contributed by atoms with E-state index in [1.165, 1.54) is 26.8 Å². The highest BCUT2D eigenvalue weighted by molar-refractivity contribution is 7.79. The van der Waals surface area contributed by atoms with Gasteiger partial charge in [-0.25, -0.2) is 4.39 Å². The zero-order valence-corrected chi connectivity index (χ0v) is 20.0. The van der Waals surface area contributed by atoms with E-state index in [9.17, 15) is 31.5 Å². The van der Waals surface area contributed by atoms with Crippen molar-refractivity contribution in [3.8, 4) is 5.75 Å². The van der Waals surface area contributed by atoms with E-state index < -0.39 is 51.8 Å². The minimum Gasteiger partial charge on any atom is -0.772 e. The van der Waals surface area contributed by atoms with Gasteiger partial charge in [0.05, 0.1) is 29.2 Å². The Kier molecular flexibility index (Phi) is 6.97. The zero-order chi connectivity index (χ0) is 26.3. The molecule has 35 heavy (non-hydrogen) atoms. The molecular formula is C22H22F4N3O5S-. The first kappa shape index (κ1) is 26.5. The van der Waals surface area contributed by atoms with Crippen molar-refractivity contribution in [1.29, 1.82) is 0 Å². The van der Waals surface area contributed by atoms with E-state index in [2.05, 4.69) is 15.0 Å². The Labute approximate surface area is 201 Å². The van der Waals surface area contributed by atoms with Gasteiger partial charge in [0.25, 0.3) is 5.91 Å². The second-order valence-corrected chi connectivity index (χ2v) is 9.76. The smallest absolute Gasteiger partial charge is 0.573 e. The molecule has 1 unspecified atom stereocenters. The van der Waals surface area contributed by atoms with Gasteiger partial charge in [0.2, 0.25) is 5.91 Å². The van der Waals surface area contributed by atoms with Crippen molar-refractivity contribution in [2.75, 3.05) is 10.7 Å². The molecule has 2 atom stereocenters. The van der Waals surface area contributed by atoms with E-state index in [-0.39, 0.29) is 34.7 Å². The highest BCUT2D eigenvalue weighted by atomic mass is 32.2. The number of fused-ring (bicyclic) bond motifs is 1. The average molecular weight is 516 g/mol. The predicted octanol–water partition coefficient (Wildman–Crippen LogP) is 3.85. The number of ether oxygens (including phenoxy) is 1. The topological polar surface area (TPSA) is 112 Å². The maximum absolute atomic E-state index is 15.4. The van der Waals surface area contributed by atoms with Crippen LogP contribution >= 0.6 is 0 Å². The monoisotopic (exact) mass is 516 g/mol. The summed E-state index contributed by atoms with van der Waals surface area (Å²) in [7, 11) is 0. The molecule has 1 aliphatic heterocycles. The van der Waals surface area contributed by atoms with Gasteiger partial charge in [-0.2, -0.15) is 0 Å². The number of hydrogen-bond acceptors (Lipinski definition) is 6. The lowest BCUT2D eigenvalue weighted by atomic mass is 9.85. The van der Waals surface area contributed by atoms with Crippen LogP contribution in [0.1, 0.15) is 50.0 Å². The number of alkyl halides is 3. The normalized spacial score (nSPS) is 17.5. The third-order valence-electron chi connectivity index (χ3n) is 5.78. The van der Waals surface area contributed by atoms with Gasteiger partial charge in [0, 0.05) is 22.9 Å². The van der Waals surface area contributed by atoms with Gasteiger partial charge >= 0.3 is 6.36 Å². The summed E-state index contributed by atoms with van der Waals surface area (Å²) in [6.07, 6.45) is -2.83. The van der Waals surface area contributed by atoms with Gasteiger partial charge in [0.1, 0.15) is 11.6 Å². The van der Waals surface area contributed by atoms with Crippen LogP contribution < -0.4 is 15.0 Å². The number of pyridine rings is 1. The molecule has 1 aromatic carbocycles. The molecule has 190 valence electrons. The van der Waals surface area contributed by atoms with Crippen LogP contribution in [0.2, 0.25) is 0 Å². The van der Waals surface area contributed by atoms with Crippen molar-refractivity contribution >= 4 is 34.3 Å². The summed E-state index contributed by atoms with van der Waals surface area (Å²) in [5, 5.41) is 2.59. The average Bonchev–Trinajstić information content (AvgIpc) is 2.93. The summed E-state index contributed by atoms with van der Waals surface area (Å²) in [4.78, 5) is 30.6. The minimum absolute atomic E-state index is 0.125. The molecule has 2 amide bonds. The fourth-order valence-electron chi connectivity index (χ4n) is 3.73.